The van der Waals surface area contributed by atoms with Crippen LogP contribution in [0.1, 0.15) is 37.7 Å². The smallest absolute Gasteiger partial charge is 0.230 e. The number of anilines is 1. The molecule has 3 rings (SSSR count). The first-order valence-corrected chi connectivity index (χ1v) is 7.32. The van der Waals surface area contributed by atoms with Crippen LogP contribution >= 0.6 is 0 Å². The van der Waals surface area contributed by atoms with Gasteiger partial charge in [-0.05, 0) is 43.7 Å². The topological polar surface area (TPSA) is 49.8 Å². The minimum atomic E-state index is -0.265. The number of aryl methyl sites for hydroxylation is 1. The molecular weight excluding hydrogens is 254 g/mol. The van der Waals surface area contributed by atoms with Crippen LogP contribution in [-0.4, -0.2) is 30.3 Å². The van der Waals surface area contributed by atoms with Gasteiger partial charge in [-0.2, -0.15) is 0 Å². The van der Waals surface area contributed by atoms with Crippen LogP contribution in [0.5, 0.6) is 5.75 Å². The molecule has 0 bridgehead atoms. The molecule has 0 spiro atoms. The number of nitrogens with zero attached hydrogens (tertiary/aromatic N) is 1. The predicted octanol–water partition coefficient (Wildman–Crippen LogP) is 2.63. The van der Waals surface area contributed by atoms with E-state index in [9.17, 15) is 9.90 Å². The van der Waals surface area contributed by atoms with E-state index in [0.29, 0.717) is 18.7 Å². The molecule has 108 valence electrons. The van der Waals surface area contributed by atoms with Crippen molar-refractivity contribution in [2.75, 3.05) is 18.6 Å². The number of aromatic hydroxyl groups is 1. The molecule has 1 aromatic rings. The molecule has 0 radical (unpaired) electrons. The van der Waals surface area contributed by atoms with Crippen LogP contribution in [0.4, 0.5) is 5.69 Å². The fraction of sp³-hybridized carbons (Fsp3) is 0.562. The fourth-order valence-electron chi connectivity index (χ4n) is 3.28. The summed E-state index contributed by atoms with van der Waals surface area (Å²) in [5.41, 5.74) is 1.50. The Bertz CT molecular complexity index is 517. The number of phenolic OH excluding ortho intramolecular Hbond substituents is 1. The highest BCUT2D eigenvalue weighted by Crippen LogP contribution is 2.41. The molecule has 4 heteroatoms. The molecule has 1 fully saturated rings. The molecule has 0 atom stereocenters. The Morgan fingerprint density at radius 2 is 2.20 bits per heavy atom. The second-order valence-corrected chi connectivity index (χ2v) is 5.85. The van der Waals surface area contributed by atoms with Crippen molar-refractivity contribution in [3.05, 3.63) is 23.8 Å². The maximum atomic E-state index is 12.6. The van der Waals surface area contributed by atoms with Gasteiger partial charge in [-0.15, -0.1) is 0 Å². The van der Waals surface area contributed by atoms with E-state index in [2.05, 4.69) is 0 Å². The number of rotatable bonds is 3. The Morgan fingerprint density at radius 3 is 2.85 bits per heavy atom. The zero-order chi connectivity index (χ0) is 14.2. The lowest BCUT2D eigenvalue weighted by Gasteiger charge is -2.41. The van der Waals surface area contributed by atoms with Gasteiger partial charge >= 0.3 is 0 Å². The third-order valence-corrected chi connectivity index (χ3v) is 4.67. The molecule has 0 saturated heterocycles. The number of para-hydroxylation sites is 1. The van der Waals surface area contributed by atoms with Crippen LogP contribution in [0.25, 0.3) is 0 Å². The van der Waals surface area contributed by atoms with Gasteiger partial charge in [-0.25, -0.2) is 0 Å². The van der Waals surface area contributed by atoms with E-state index in [1.165, 1.54) is 0 Å². The Labute approximate surface area is 119 Å². The largest absolute Gasteiger partial charge is 0.506 e. The average Bonchev–Trinajstić information content (AvgIpc) is 2.42. The first-order chi connectivity index (χ1) is 9.65. The molecule has 20 heavy (non-hydrogen) atoms. The van der Waals surface area contributed by atoms with Gasteiger partial charge in [0.15, 0.2) is 0 Å². The summed E-state index contributed by atoms with van der Waals surface area (Å²) in [5, 5.41) is 10.1. The normalized spacial score (nSPS) is 20.1. The van der Waals surface area contributed by atoms with Crippen molar-refractivity contribution in [1.29, 1.82) is 0 Å². The van der Waals surface area contributed by atoms with E-state index < -0.39 is 0 Å². The van der Waals surface area contributed by atoms with Crippen molar-refractivity contribution in [2.45, 2.75) is 44.1 Å². The highest BCUT2D eigenvalue weighted by molar-refractivity contribution is 5.96. The van der Waals surface area contributed by atoms with Gasteiger partial charge in [0, 0.05) is 13.7 Å². The van der Waals surface area contributed by atoms with E-state index >= 15 is 0 Å². The molecule has 1 aromatic carbocycles. The zero-order valence-corrected chi connectivity index (χ0v) is 11.9. The monoisotopic (exact) mass is 275 g/mol. The fourth-order valence-corrected chi connectivity index (χ4v) is 3.28. The van der Waals surface area contributed by atoms with Crippen LogP contribution in [0.2, 0.25) is 0 Å². The number of amides is 1. The maximum Gasteiger partial charge on any atom is 0.230 e. The molecule has 0 aromatic heterocycles. The first kappa shape index (κ1) is 13.4. The van der Waals surface area contributed by atoms with Gasteiger partial charge in [0.2, 0.25) is 5.91 Å². The molecule has 2 aliphatic rings. The number of benzene rings is 1. The lowest BCUT2D eigenvalue weighted by Crippen LogP contribution is -2.46. The van der Waals surface area contributed by atoms with E-state index in [0.717, 1.165) is 37.7 Å². The van der Waals surface area contributed by atoms with Gasteiger partial charge in [0.25, 0.3) is 0 Å². The number of carbonyl (C=O) groups excluding carboxylic acids is 1. The quantitative estimate of drug-likeness (QED) is 0.922. The highest BCUT2D eigenvalue weighted by atomic mass is 16.5. The SMILES string of the molecule is COC1(CC(=O)N2CCCc3cccc(O)c32)CCC1. The molecule has 1 aliphatic heterocycles. The summed E-state index contributed by atoms with van der Waals surface area (Å²) in [5.74, 6) is 0.268. The van der Waals surface area contributed by atoms with Gasteiger partial charge < -0.3 is 14.7 Å². The summed E-state index contributed by atoms with van der Waals surface area (Å²) in [4.78, 5) is 14.4. The summed E-state index contributed by atoms with van der Waals surface area (Å²) in [6.07, 6.45) is 5.32. The lowest BCUT2D eigenvalue weighted by atomic mass is 9.77. The standard InChI is InChI=1S/C16H21NO3/c1-20-16(8-4-9-16)11-14(19)17-10-3-6-12-5-2-7-13(18)15(12)17/h2,5,7,18H,3-4,6,8-11H2,1H3. The summed E-state index contributed by atoms with van der Waals surface area (Å²) in [6.45, 7) is 0.684. The van der Waals surface area contributed by atoms with E-state index in [-0.39, 0.29) is 17.3 Å². The second-order valence-electron chi connectivity index (χ2n) is 5.85. The number of phenols is 1. The minimum Gasteiger partial charge on any atom is -0.506 e. The van der Waals surface area contributed by atoms with E-state index in [1.54, 1.807) is 18.1 Å². The van der Waals surface area contributed by atoms with Gasteiger partial charge in [-0.3, -0.25) is 4.79 Å². The minimum absolute atomic E-state index is 0.0639. The summed E-state index contributed by atoms with van der Waals surface area (Å²) in [6, 6.07) is 5.48. The molecule has 1 saturated carbocycles. The van der Waals surface area contributed by atoms with Crippen LogP contribution in [0, 0.1) is 0 Å². The summed E-state index contributed by atoms with van der Waals surface area (Å²) in [7, 11) is 1.69. The van der Waals surface area contributed by atoms with Crippen LogP contribution < -0.4 is 4.90 Å². The molecule has 1 amide bonds. The van der Waals surface area contributed by atoms with Gasteiger partial charge in [-0.1, -0.05) is 12.1 Å². The van der Waals surface area contributed by atoms with Crippen molar-refractivity contribution in [2.24, 2.45) is 0 Å². The lowest BCUT2D eigenvalue weighted by molar-refractivity contribution is -0.131. The maximum absolute atomic E-state index is 12.6. The third-order valence-electron chi connectivity index (χ3n) is 4.67. The Hall–Kier alpha value is -1.55. The zero-order valence-electron chi connectivity index (χ0n) is 11.9. The van der Waals surface area contributed by atoms with Gasteiger partial charge in [0.05, 0.1) is 17.7 Å². The highest BCUT2D eigenvalue weighted by Gasteiger charge is 2.41. The number of fused-ring (bicyclic) bond motifs is 1. The van der Waals surface area contributed by atoms with Crippen molar-refractivity contribution in [3.8, 4) is 5.75 Å². The average molecular weight is 275 g/mol. The van der Waals surface area contributed by atoms with Crippen molar-refractivity contribution < 1.29 is 14.6 Å². The predicted molar refractivity (Wildman–Crippen MR) is 77.0 cm³/mol. The van der Waals surface area contributed by atoms with Crippen LogP contribution in [0.3, 0.4) is 0 Å². The summed E-state index contributed by atoms with van der Waals surface area (Å²) >= 11 is 0. The van der Waals surface area contributed by atoms with Crippen molar-refractivity contribution in [3.63, 3.8) is 0 Å². The first-order valence-electron chi connectivity index (χ1n) is 7.32. The molecule has 4 nitrogen and oxygen atoms in total. The Morgan fingerprint density at radius 1 is 1.40 bits per heavy atom. The van der Waals surface area contributed by atoms with Crippen molar-refractivity contribution in [1.82, 2.24) is 0 Å². The number of methoxy groups -OCH3 is 1. The van der Waals surface area contributed by atoms with Crippen LogP contribution in [0.15, 0.2) is 18.2 Å². The van der Waals surface area contributed by atoms with E-state index in [1.807, 2.05) is 12.1 Å². The Kier molecular flexibility index (Phi) is 3.42. The van der Waals surface area contributed by atoms with Crippen molar-refractivity contribution >= 4 is 11.6 Å². The third kappa shape index (κ3) is 2.18. The van der Waals surface area contributed by atoms with Gasteiger partial charge in [0.1, 0.15) is 5.75 Å². The molecule has 1 aliphatic carbocycles. The molecular formula is C16H21NO3. The van der Waals surface area contributed by atoms with Crippen LogP contribution in [-0.2, 0) is 16.0 Å². The number of hydrogen-bond donors (Lipinski definition) is 1. The second kappa shape index (κ2) is 5.09. The number of carbonyl (C=O) groups is 1. The number of hydrogen-bond acceptors (Lipinski definition) is 3. The number of ether oxygens (including phenoxy) is 1. The summed E-state index contributed by atoms with van der Waals surface area (Å²) < 4.78 is 5.54. The molecule has 1 heterocycles. The Balaban J connectivity index is 1.83. The molecule has 1 N–H and O–H groups in total. The molecule has 0 unspecified atom stereocenters. The van der Waals surface area contributed by atoms with E-state index in [4.69, 9.17) is 4.74 Å².